The molecule has 2 rings (SSSR count). The predicted octanol–water partition coefficient (Wildman–Crippen LogP) is 2.69. The first-order valence-corrected chi connectivity index (χ1v) is 7.99. The SMILES string of the molecule is O=C(O)CCCCC(=O)NCCc1nc(-c2ccc(Cl)cc2)no1. The van der Waals surface area contributed by atoms with E-state index < -0.39 is 5.97 Å². The van der Waals surface area contributed by atoms with Gasteiger partial charge in [-0.05, 0) is 37.1 Å². The fourth-order valence-corrected chi connectivity index (χ4v) is 2.16. The number of nitrogens with zero attached hydrogens (tertiary/aromatic N) is 2. The van der Waals surface area contributed by atoms with Gasteiger partial charge in [-0.3, -0.25) is 9.59 Å². The molecular formula is C16H18ClN3O4. The van der Waals surface area contributed by atoms with Gasteiger partial charge in [0.1, 0.15) is 0 Å². The van der Waals surface area contributed by atoms with Gasteiger partial charge in [0.15, 0.2) is 0 Å². The van der Waals surface area contributed by atoms with Gasteiger partial charge in [-0.2, -0.15) is 4.98 Å². The molecule has 1 amide bonds. The number of rotatable bonds is 9. The number of aromatic nitrogens is 2. The third-order valence-electron chi connectivity index (χ3n) is 3.28. The van der Waals surface area contributed by atoms with Crippen molar-refractivity contribution < 1.29 is 19.2 Å². The van der Waals surface area contributed by atoms with E-state index in [0.29, 0.717) is 49.0 Å². The van der Waals surface area contributed by atoms with Crippen molar-refractivity contribution in [3.8, 4) is 11.4 Å². The average Bonchev–Trinajstić information content (AvgIpc) is 3.01. The maximum absolute atomic E-state index is 11.6. The molecule has 7 nitrogen and oxygen atoms in total. The Bertz CT molecular complexity index is 685. The van der Waals surface area contributed by atoms with Crippen LogP contribution >= 0.6 is 11.6 Å². The molecule has 0 saturated heterocycles. The Labute approximate surface area is 144 Å². The van der Waals surface area contributed by atoms with E-state index in [-0.39, 0.29) is 12.3 Å². The molecule has 0 bridgehead atoms. The van der Waals surface area contributed by atoms with Crippen LogP contribution in [0.2, 0.25) is 5.02 Å². The average molecular weight is 352 g/mol. The number of carbonyl (C=O) groups excluding carboxylic acids is 1. The summed E-state index contributed by atoms with van der Waals surface area (Å²) in [4.78, 5) is 26.2. The minimum Gasteiger partial charge on any atom is -0.481 e. The first kappa shape index (κ1) is 17.9. The Morgan fingerprint density at radius 3 is 2.58 bits per heavy atom. The first-order chi connectivity index (χ1) is 11.5. The van der Waals surface area contributed by atoms with Crippen LogP contribution in [-0.4, -0.2) is 33.7 Å². The molecule has 24 heavy (non-hydrogen) atoms. The molecule has 128 valence electrons. The summed E-state index contributed by atoms with van der Waals surface area (Å²) in [7, 11) is 0. The van der Waals surface area contributed by atoms with Crippen molar-refractivity contribution >= 4 is 23.5 Å². The largest absolute Gasteiger partial charge is 0.481 e. The number of carboxylic acids is 1. The molecule has 0 aliphatic carbocycles. The van der Waals surface area contributed by atoms with E-state index in [0.717, 1.165) is 5.56 Å². The van der Waals surface area contributed by atoms with Crippen molar-refractivity contribution in [2.24, 2.45) is 0 Å². The minimum absolute atomic E-state index is 0.0861. The van der Waals surface area contributed by atoms with Gasteiger partial charge in [-0.1, -0.05) is 16.8 Å². The maximum Gasteiger partial charge on any atom is 0.303 e. The molecule has 2 N–H and O–H groups in total. The molecule has 2 aromatic rings. The van der Waals surface area contributed by atoms with Crippen LogP contribution in [0.1, 0.15) is 31.6 Å². The third-order valence-corrected chi connectivity index (χ3v) is 3.53. The fourth-order valence-electron chi connectivity index (χ4n) is 2.03. The number of aliphatic carboxylic acids is 1. The van der Waals surface area contributed by atoms with Gasteiger partial charge in [0, 0.05) is 36.4 Å². The van der Waals surface area contributed by atoms with Crippen molar-refractivity contribution in [3.63, 3.8) is 0 Å². The van der Waals surface area contributed by atoms with Crippen LogP contribution in [0, 0.1) is 0 Å². The van der Waals surface area contributed by atoms with Crippen LogP contribution in [0.4, 0.5) is 0 Å². The molecule has 0 radical (unpaired) electrons. The molecule has 8 heteroatoms. The van der Waals surface area contributed by atoms with Crippen LogP contribution in [0.15, 0.2) is 28.8 Å². The summed E-state index contributed by atoms with van der Waals surface area (Å²) in [5.41, 5.74) is 0.803. The number of benzene rings is 1. The lowest BCUT2D eigenvalue weighted by molar-refractivity contribution is -0.137. The summed E-state index contributed by atoms with van der Waals surface area (Å²) in [6.45, 7) is 0.389. The summed E-state index contributed by atoms with van der Waals surface area (Å²) in [6, 6.07) is 7.10. The molecule has 0 fully saturated rings. The Morgan fingerprint density at radius 2 is 1.88 bits per heavy atom. The highest BCUT2D eigenvalue weighted by molar-refractivity contribution is 6.30. The number of nitrogens with one attached hydrogen (secondary N) is 1. The lowest BCUT2D eigenvalue weighted by Crippen LogP contribution is -2.25. The molecule has 0 aliphatic heterocycles. The standard InChI is InChI=1S/C16H18ClN3O4/c17-12-7-5-11(6-8-12)16-19-14(24-20-16)9-10-18-13(21)3-1-2-4-15(22)23/h5-8H,1-4,9-10H2,(H,18,21)(H,22,23). The first-order valence-electron chi connectivity index (χ1n) is 7.61. The van der Waals surface area contributed by atoms with E-state index in [1.807, 2.05) is 0 Å². The lowest BCUT2D eigenvalue weighted by atomic mass is 10.2. The highest BCUT2D eigenvalue weighted by Gasteiger charge is 2.09. The number of carboxylic acid groups (broad SMARTS) is 1. The van der Waals surface area contributed by atoms with Crippen LogP contribution in [0.3, 0.4) is 0 Å². The van der Waals surface area contributed by atoms with Crippen LogP contribution < -0.4 is 5.32 Å². The van der Waals surface area contributed by atoms with E-state index in [1.54, 1.807) is 24.3 Å². The van der Waals surface area contributed by atoms with Gasteiger partial charge in [-0.15, -0.1) is 0 Å². The summed E-state index contributed by atoms with van der Waals surface area (Å²) < 4.78 is 5.15. The van der Waals surface area contributed by atoms with E-state index in [1.165, 1.54) is 0 Å². The molecular weight excluding hydrogens is 334 g/mol. The van der Waals surface area contributed by atoms with Gasteiger partial charge in [0.05, 0.1) is 0 Å². The van der Waals surface area contributed by atoms with Gasteiger partial charge < -0.3 is 14.9 Å². The second kappa shape index (κ2) is 9.02. The third kappa shape index (κ3) is 6.00. The molecule has 1 aromatic heterocycles. The zero-order chi connectivity index (χ0) is 17.4. The maximum atomic E-state index is 11.6. The van der Waals surface area contributed by atoms with Gasteiger partial charge in [0.25, 0.3) is 0 Å². The molecule has 0 atom stereocenters. The van der Waals surface area contributed by atoms with Crippen LogP contribution in [-0.2, 0) is 16.0 Å². The van der Waals surface area contributed by atoms with E-state index in [2.05, 4.69) is 15.5 Å². The minimum atomic E-state index is -0.844. The number of hydrogen-bond donors (Lipinski definition) is 2. The van der Waals surface area contributed by atoms with Crippen LogP contribution in [0.25, 0.3) is 11.4 Å². The monoisotopic (exact) mass is 351 g/mol. The van der Waals surface area contributed by atoms with E-state index in [4.69, 9.17) is 21.2 Å². The predicted molar refractivity (Wildman–Crippen MR) is 87.6 cm³/mol. The number of hydrogen-bond acceptors (Lipinski definition) is 5. The summed E-state index contributed by atoms with van der Waals surface area (Å²) in [5, 5.41) is 15.8. The summed E-state index contributed by atoms with van der Waals surface area (Å²) >= 11 is 5.83. The quantitative estimate of drug-likeness (QED) is 0.673. The normalized spacial score (nSPS) is 10.5. The Kier molecular flexibility index (Phi) is 6.74. The number of unbranched alkanes of at least 4 members (excludes halogenated alkanes) is 1. The Morgan fingerprint density at radius 1 is 1.17 bits per heavy atom. The smallest absolute Gasteiger partial charge is 0.303 e. The van der Waals surface area contributed by atoms with Crippen LogP contribution in [0.5, 0.6) is 0 Å². The number of carbonyl (C=O) groups is 2. The molecule has 0 aliphatic rings. The zero-order valence-electron chi connectivity index (χ0n) is 13.0. The van der Waals surface area contributed by atoms with Crippen molar-refractivity contribution in [1.82, 2.24) is 15.5 Å². The number of amides is 1. The molecule has 0 unspecified atom stereocenters. The second-order valence-electron chi connectivity index (χ2n) is 5.22. The molecule has 0 saturated carbocycles. The highest BCUT2D eigenvalue weighted by atomic mass is 35.5. The van der Waals surface area contributed by atoms with Crippen molar-refractivity contribution in [1.29, 1.82) is 0 Å². The van der Waals surface area contributed by atoms with E-state index in [9.17, 15) is 9.59 Å². The van der Waals surface area contributed by atoms with Gasteiger partial charge in [0.2, 0.25) is 17.6 Å². The Hall–Kier alpha value is -2.41. The van der Waals surface area contributed by atoms with Crippen molar-refractivity contribution in [2.75, 3.05) is 6.54 Å². The lowest BCUT2D eigenvalue weighted by Gasteiger charge is -2.02. The van der Waals surface area contributed by atoms with Gasteiger partial charge >= 0.3 is 5.97 Å². The molecule has 0 spiro atoms. The summed E-state index contributed by atoms with van der Waals surface area (Å²) in [5.74, 6) is -0.0473. The van der Waals surface area contributed by atoms with Crippen molar-refractivity contribution in [2.45, 2.75) is 32.1 Å². The molecule has 1 heterocycles. The Balaban J connectivity index is 1.70. The van der Waals surface area contributed by atoms with E-state index >= 15 is 0 Å². The highest BCUT2D eigenvalue weighted by Crippen LogP contribution is 2.18. The molecule has 1 aromatic carbocycles. The van der Waals surface area contributed by atoms with Crippen molar-refractivity contribution in [3.05, 3.63) is 35.2 Å². The number of halogens is 1. The second-order valence-corrected chi connectivity index (χ2v) is 5.66. The fraction of sp³-hybridized carbons (Fsp3) is 0.375. The zero-order valence-corrected chi connectivity index (χ0v) is 13.8. The topological polar surface area (TPSA) is 105 Å². The summed E-state index contributed by atoms with van der Waals surface area (Å²) in [6.07, 6.45) is 1.88. The van der Waals surface area contributed by atoms with Gasteiger partial charge in [-0.25, -0.2) is 0 Å².